The molecule has 0 saturated carbocycles. The van der Waals surface area contributed by atoms with E-state index >= 15 is 0 Å². The van der Waals surface area contributed by atoms with Crippen LogP contribution in [0.25, 0.3) is 0 Å². The molecule has 0 saturated heterocycles. The van der Waals surface area contributed by atoms with Crippen molar-refractivity contribution >= 4 is 19.0 Å². The molecule has 0 amide bonds. The normalized spacial score (nSPS) is 15.8. The van der Waals surface area contributed by atoms with E-state index in [9.17, 15) is 4.57 Å². The van der Waals surface area contributed by atoms with E-state index in [0.717, 1.165) is 0 Å². The lowest BCUT2D eigenvalue weighted by molar-refractivity contribution is 0.401. The average molecular weight is 248 g/mol. The highest BCUT2D eigenvalue weighted by molar-refractivity contribution is 8.44. The van der Waals surface area contributed by atoms with E-state index in [1.165, 1.54) is 12.4 Å². The molecule has 1 rings (SSSR count). The zero-order valence-corrected chi connectivity index (χ0v) is 10.5. The summed E-state index contributed by atoms with van der Waals surface area (Å²) in [4.78, 5) is 16.9. The lowest BCUT2D eigenvalue weighted by Crippen LogP contribution is -2.15. The molecule has 0 aliphatic heterocycles. The highest BCUT2D eigenvalue weighted by atomic mass is 32.7. The van der Waals surface area contributed by atoms with Crippen LogP contribution in [0.1, 0.15) is 26.6 Å². The fourth-order valence-corrected chi connectivity index (χ4v) is 1.54. The molecule has 1 aromatic rings. The van der Waals surface area contributed by atoms with Crippen LogP contribution in [0, 0.1) is 0 Å². The van der Waals surface area contributed by atoms with Gasteiger partial charge >= 0.3 is 6.80 Å². The number of hydrogen-bond donors (Lipinski definition) is 2. The molecule has 0 aliphatic carbocycles. The van der Waals surface area contributed by atoms with Gasteiger partial charge in [-0.3, -0.25) is 0 Å². The fraction of sp³-hybridized carbons (Fsp3) is 0.500. The van der Waals surface area contributed by atoms with Crippen LogP contribution in [0.15, 0.2) is 12.4 Å². The molecule has 0 bridgehead atoms. The number of thiol groups is 1. The van der Waals surface area contributed by atoms with Crippen molar-refractivity contribution in [3.05, 3.63) is 18.2 Å². The number of hydrogen-bond acceptors (Lipinski definition) is 4. The molecule has 0 fully saturated rings. The van der Waals surface area contributed by atoms with Gasteiger partial charge in [0.15, 0.2) is 5.75 Å². The average Bonchev–Trinajstić information content (AvgIpc) is 2.00. The Kier molecular flexibility index (Phi) is 3.43. The summed E-state index contributed by atoms with van der Waals surface area (Å²) >= 11 is 3.38. The second kappa shape index (κ2) is 4.12. The first-order valence-corrected chi connectivity index (χ1v) is 6.99. The summed E-state index contributed by atoms with van der Waals surface area (Å²) < 4.78 is 15.4. The Hall–Kier alpha value is -0.580. The molecule has 0 spiro atoms. The van der Waals surface area contributed by atoms with E-state index in [2.05, 4.69) is 26.7 Å². The predicted octanol–water partition coefficient (Wildman–Crippen LogP) is 2.18. The van der Waals surface area contributed by atoms with Gasteiger partial charge in [-0.1, -0.05) is 20.8 Å². The van der Waals surface area contributed by atoms with Gasteiger partial charge in [0, 0.05) is 5.41 Å². The minimum atomic E-state index is -3.83. The molecule has 0 aliphatic rings. The molecule has 0 radical (unpaired) electrons. The summed E-state index contributed by atoms with van der Waals surface area (Å²) in [5.41, 5.74) is -0.164. The molecular weight excluding hydrogens is 235 g/mol. The van der Waals surface area contributed by atoms with Gasteiger partial charge in [-0.05, 0) is 12.2 Å². The minimum absolute atomic E-state index is 0.129. The third kappa shape index (κ3) is 4.20. The van der Waals surface area contributed by atoms with E-state index in [1.54, 1.807) is 0 Å². The Morgan fingerprint density at radius 2 is 1.87 bits per heavy atom. The summed E-state index contributed by atoms with van der Waals surface area (Å²) in [7, 11) is 0. The van der Waals surface area contributed by atoms with E-state index < -0.39 is 6.80 Å². The Balaban J connectivity index is 2.87. The number of rotatable bonds is 2. The van der Waals surface area contributed by atoms with Gasteiger partial charge in [0.1, 0.15) is 5.82 Å². The summed E-state index contributed by atoms with van der Waals surface area (Å²) in [5, 5.41) is 0. The zero-order chi connectivity index (χ0) is 11.7. The third-order valence-corrected chi connectivity index (χ3v) is 2.22. The lowest BCUT2D eigenvalue weighted by atomic mass is 9.96. The molecule has 1 N–H and O–H groups in total. The molecule has 7 heteroatoms. The zero-order valence-electron chi connectivity index (χ0n) is 8.71. The van der Waals surface area contributed by atoms with Crippen LogP contribution in [0.4, 0.5) is 0 Å². The van der Waals surface area contributed by atoms with Gasteiger partial charge in [0.25, 0.3) is 0 Å². The summed E-state index contributed by atoms with van der Waals surface area (Å²) in [5.74, 6) is 0.769. The SMILES string of the molecule is CC(C)(C)c1ncc(OP(=O)(O)S)cn1. The molecule has 1 aromatic heterocycles. The van der Waals surface area contributed by atoms with Crippen molar-refractivity contribution in [2.24, 2.45) is 0 Å². The summed E-state index contributed by atoms with van der Waals surface area (Å²) in [6.07, 6.45) is 2.71. The maximum Gasteiger partial charge on any atom is 0.434 e. The van der Waals surface area contributed by atoms with Crippen LogP contribution in [0.2, 0.25) is 0 Å². The maximum absolute atomic E-state index is 10.8. The smallest absolute Gasteiger partial charge is 0.414 e. The van der Waals surface area contributed by atoms with Crippen LogP contribution in [-0.4, -0.2) is 14.9 Å². The van der Waals surface area contributed by atoms with Crippen molar-refractivity contribution in [1.29, 1.82) is 0 Å². The Labute approximate surface area is 93.6 Å². The standard InChI is InChI=1S/C8H13N2O3PS/c1-8(2,3)7-9-4-6(5-10-7)13-14(11,12)15/h4-5H,1-3H3,(H2,11,12,15). The second-order valence-electron chi connectivity index (χ2n) is 4.07. The van der Waals surface area contributed by atoms with E-state index in [4.69, 9.17) is 4.89 Å². The minimum Gasteiger partial charge on any atom is -0.414 e. The van der Waals surface area contributed by atoms with Gasteiger partial charge in [-0.25, -0.2) is 14.5 Å². The topological polar surface area (TPSA) is 72.3 Å². The molecule has 84 valence electrons. The summed E-state index contributed by atoms with van der Waals surface area (Å²) in [6, 6.07) is 0. The van der Waals surface area contributed by atoms with Crippen molar-refractivity contribution in [3.63, 3.8) is 0 Å². The maximum atomic E-state index is 10.8. The van der Waals surface area contributed by atoms with Crippen molar-refractivity contribution < 1.29 is 14.0 Å². The van der Waals surface area contributed by atoms with E-state index in [0.29, 0.717) is 5.82 Å². The molecular formula is C8H13N2O3PS. The third-order valence-electron chi connectivity index (χ3n) is 1.52. The van der Waals surface area contributed by atoms with E-state index in [-0.39, 0.29) is 11.2 Å². The van der Waals surface area contributed by atoms with Crippen LogP contribution >= 0.6 is 19.0 Å². The Bertz CT molecular complexity index is 382. The van der Waals surface area contributed by atoms with Crippen LogP contribution in [0.5, 0.6) is 5.75 Å². The number of nitrogens with zero attached hydrogens (tertiary/aromatic N) is 2. The second-order valence-corrected chi connectivity index (χ2v) is 6.75. The molecule has 1 atom stereocenters. The van der Waals surface area contributed by atoms with Crippen molar-refractivity contribution in [2.45, 2.75) is 26.2 Å². The number of aromatic nitrogens is 2. The first-order valence-electron chi connectivity index (χ1n) is 4.26. The monoisotopic (exact) mass is 248 g/mol. The van der Waals surface area contributed by atoms with Crippen LogP contribution in [-0.2, 0) is 9.98 Å². The molecule has 0 aromatic carbocycles. The molecule has 15 heavy (non-hydrogen) atoms. The summed E-state index contributed by atoms with van der Waals surface area (Å²) in [6.45, 7) is 2.08. The van der Waals surface area contributed by atoms with Gasteiger partial charge in [-0.15, -0.1) is 0 Å². The quantitative estimate of drug-likeness (QED) is 0.620. The molecule has 1 heterocycles. The van der Waals surface area contributed by atoms with Crippen LogP contribution < -0.4 is 4.52 Å². The van der Waals surface area contributed by atoms with Gasteiger partial charge in [0.05, 0.1) is 12.4 Å². The highest BCUT2D eigenvalue weighted by Crippen LogP contribution is 2.46. The highest BCUT2D eigenvalue weighted by Gasteiger charge is 2.18. The Morgan fingerprint density at radius 3 is 2.20 bits per heavy atom. The lowest BCUT2D eigenvalue weighted by Gasteiger charge is -2.16. The fourth-order valence-electron chi connectivity index (χ4n) is 0.888. The first-order chi connectivity index (χ1) is 6.68. The first kappa shape index (κ1) is 12.5. The van der Waals surface area contributed by atoms with Crippen molar-refractivity contribution in [2.75, 3.05) is 0 Å². The van der Waals surface area contributed by atoms with Crippen molar-refractivity contribution in [3.8, 4) is 5.75 Å². The predicted molar refractivity (Wildman–Crippen MR) is 60.2 cm³/mol. The van der Waals surface area contributed by atoms with Gasteiger partial charge < -0.3 is 9.42 Å². The molecule has 5 nitrogen and oxygen atoms in total. The van der Waals surface area contributed by atoms with E-state index in [1.807, 2.05) is 20.8 Å². The van der Waals surface area contributed by atoms with Crippen LogP contribution in [0.3, 0.4) is 0 Å². The van der Waals surface area contributed by atoms with Gasteiger partial charge in [0.2, 0.25) is 0 Å². The Morgan fingerprint density at radius 1 is 1.40 bits per heavy atom. The largest absolute Gasteiger partial charge is 0.434 e. The van der Waals surface area contributed by atoms with Gasteiger partial charge in [-0.2, -0.15) is 0 Å². The van der Waals surface area contributed by atoms with Crippen molar-refractivity contribution in [1.82, 2.24) is 9.97 Å². The molecule has 1 unspecified atom stereocenters.